The summed E-state index contributed by atoms with van der Waals surface area (Å²) >= 11 is 0. The van der Waals surface area contributed by atoms with E-state index in [1.807, 2.05) is 24.3 Å². The number of nitrogens with one attached hydrogen (secondary N) is 1. The molecule has 0 spiro atoms. The van der Waals surface area contributed by atoms with Gasteiger partial charge in [0, 0.05) is 17.7 Å². The van der Waals surface area contributed by atoms with Gasteiger partial charge in [0.2, 0.25) is 0 Å². The van der Waals surface area contributed by atoms with Gasteiger partial charge in [-0.15, -0.1) is 0 Å². The van der Waals surface area contributed by atoms with Crippen LogP contribution < -0.4 is 5.32 Å². The van der Waals surface area contributed by atoms with E-state index in [0.29, 0.717) is 6.04 Å². The van der Waals surface area contributed by atoms with Crippen molar-refractivity contribution in [3.05, 3.63) is 48.7 Å². The van der Waals surface area contributed by atoms with Crippen LogP contribution in [-0.4, -0.2) is 11.0 Å². The molecule has 0 bridgehead atoms. The number of rotatable bonds is 3. The predicted molar refractivity (Wildman–Crippen MR) is 89.9 cm³/mol. The number of fused-ring (bicyclic) bond motifs is 1. The van der Waals surface area contributed by atoms with E-state index in [1.165, 1.54) is 32.1 Å². The Hall–Kier alpha value is -2.29. The first-order valence-electron chi connectivity index (χ1n) is 8.10. The highest BCUT2D eigenvalue weighted by atomic mass is 16.3. The molecule has 1 saturated carbocycles. The van der Waals surface area contributed by atoms with Crippen molar-refractivity contribution in [2.24, 2.45) is 0 Å². The summed E-state index contributed by atoms with van der Waals surface area (Å²) in [6.07, 6.45) is 8.19. The highest BCUT2D eigenvalue weighted by molar-refractivity contribution is 5.89. The highest BCUT2D eigenvalue weighted by Gasteiger charge is 2.16. The number of aromatic nitrogens is 1. The van der Waals surface area contributed by atoms with Gasteiger partial charge in [0.1, 0.15) is 5.52 Å². The van der Waals surface area contributed by atoms with Crippen LogP contribution in [0.5, 0.6) is 0 Å². The van der Waals surface area contributed by atoms with Gasteiger partial charge in [0.05, 0.1) is 17.6 Å². The number of anilines is 1. The standard InChI is InChI=1S/C19H20N2O/c1-3-7-14(8-4-1)17-13-18(19-16(21-17)11-12-22-19)20-15-9-5-2-6-10-15/h1,3-4,7-8,11-13,15H,2,5-6,9-10H2,(H,20,21). The van der Waals surface area contributed by atoms with Crippen LogP contribution in [0.1, 0.15) is 32.1 Å². The molecule has 1 aliphatic carbocycles. The van der Waals surface area contributed by atoms with Crippen molar-refractivity contribution in [2.45, 2.75) is 38.1 Å². The first kappa shape index (κ1) is 13.4. The van der Waals surface area contributed by atoms with E-state index >= 15 is 0 Å². The summed E-state index contributed by atoms with van der Waals surface area (Å²) in [5.41, 5.74) is 4.98. The molecule has 22 heavy (non-hydrogen) atoms. The van der Waals surface area contributed by atoms with Crippen molar-refractivity contribution in [3.8, 4) is 11.3 Å². The zero-order valence-corrected chi connectivity index (χ0v) is 12.6. The van der Waals surface area contributed by atoms with Gasteiger partial charge in [-0.25, -0.2) is 4.98 Å². The van der Waals surface area contributed by atoms with Gasteiger partial charge in [-0.1, -0.05) is 49.6 Å². The third-order valence-electron chi connectivity index (χ3n) is 4.45. The smallest absolute Gasteiger partial charge is 0.175 e. The third-order valence-corrected chi connectivity index (χ3v) is 4.45. The summed E-state index contributed by atoms with van der Waals surface area (Å²) in [5, 5.41) is 3.69. The second-order valence-electron chi connectivity index (χ2n) is 6.04. The molecule has 0 saturated heterocycles. The van der Waals surface area contributed by atoms with E-state index < -0.39 is 0 Å². The van der Waals surface area contributed by atoms with Gasteiger partial charge in [0.25, 0.3) is 0 Å². The van der Waals surface area contributed by atoms with Crippen LogP contribution in [0.3, 0.4) is 0 Å². The van der Waals surface area contributed by atoms with Crippen molar-refractivity contribution in [1.29, 1.82) is 0 Å². The number of nitrogens with zero attached hydrogens (tertiary/aromatic N) is 1. The predicted octanol–water partition coefficient (Wildman–Crippen LogP) is 5.24. The Bertz CT molecular complexity index is 757. The molecular weight excluding hydrogens is 272 g/mol. The van der Waals surface area contributed by atoms with Crippen molar-refractivity contribution in [2.75, 3.05) is 5.32 Å². The summed E-state index contributed by atoms with van der Waals surface area (Å²) in [5.74, 6) is 0. The van der Waals surface area contributed by atoms with Crippen LogP contribution in [0.25, 0.3) is 22.4 Å². The monoisotopic (exact) mass is 292 g/mol. The van der Waals surface area contributed by atoms with Gasteiger partial charge in [-0.05, 0) is 18.9 Å². The molecule has 112 valence electrons. The average molecular weight is 292 g/mol. The van der Waals surface area contributed by atoms with Gasteiger partial charge in [-0.3, -0.25) is 0 Å². The van der Waals surface area contributed by atoms with Gasteiger partial charge >= 0.3 is 0 Å². The Balaban J connectivity index is 1.74. The lowest BCUT2D eigenvalue weighted by Gasteiger charge is -2.24. The topological polar surface area (TPSA) is 38.1 Å². The second-order valence-corrected chi connectivity index (χ2v) is 6.04. The lowest BCUT2D eigenvalue weighted by molar-refractivity contribution is 0.462. The van der Waals surface area contributed by atoms with Crippen molar-refractivity contribution in [1.82, 2.24) is 4.98 Å². The zero-order chi connectivity index (χ0) is 14.8. The maximum Gasteiger partial charge on any atom is 0.175 e. The van der Waals surface area contributed by atoms with E-state index in [1.54, 1.807) is 6.26 Å². The van der Waals surface area contributed by atoms with E-state index in [4.69, 9.17) is 9.40 Å². The molecule has 0 unspecified atom stereocenters. The molecule has 3 heteroatoms. The van der Waals surface area contributed by atoms with E-state index in [0.717, 1.165) is 28.0 Å². The number of hydrogen-bond acceptors (Lipinski definition) is 3. The minimum Gasteiger partial charge on any atom is -0.460 e. The fourth-order valence-corrected chi connectivity index (χ4v) is 3.29. The van der Waals surface area contributed by atoms with Crippen LogP contribution >= 0.6 is 0 Å². The molecule has 2 heterocycles. The largest absolute Gasteiger partial charge is 0.460 e. The Kier molecular flexibility index (Phi) is 3.55. The molecule has 0 radical (unpaired) electrons. The molecule has 1 aliphatic rings. The van der Waals surface area contributed by atoms with Crippen molar-refractivity contribution >= 4 is 16.8 Å². The zero-order valence-electron chi connectivity index (χ0n) is 12.6. The lowest BCUT2D eigenvalue weighted by atomic mass is 9.95. The molecule has 3 aromatic rings. The lowest BCUT2D eigenvalue weighted by Crippen LogP contribution is -2.22. The SMILES string of the molecule is c1ccc(-c2cc(NC3CCCCC3)c3occc3n2)cc1. The van der Waals surface area contributed by atoms with Gasteiger partial charge < -0.3 is 9.73 Å². The summed E-state index contributed by atoms with van der Waals surface area (Å²) < 4.78 is 5.66. The number of furan rings is 1. The van der Waals surface area contributed by atoms with Crippen molar-refractivity contribution in [3.63, 3.8) is 0 Å². The van der Waals surface area contributed by atoms with Gasteiger partial charge in [-0.2, -0.15) is 0 Å². The molecule has 4 rings (SSSR count). The maximum absolute atomic E-state index is 5.66. The van der Waals surface area contributed by atoms with Crippen LogP contribution in [0.2, 0.25) is 0 Å². The molecular formula is C19H20N2O. The first-order chi connectivity index (χ1) is 10.9. The molecule has 1 fully saturated rings. The maximum atomic E-state index is 5.66. The second kappa shape index (κ2) is 5.84. The van der Waals surface area contributed by atoms with Gasteiger partial charge in [0.15, 0.2) is 5.58 Å². The van der Waals surface area contributed by atoms with E-state index in [-0.39, 0.29) is 0 Å². The minimum atomic E-state index is 0.549. The summed E-state index contributed by atoms with van der Waals surface area (Å²) in [6, 6.07) is 14.9. The number of hydrogen-bond donors (Lipinski definition) is 1. The first-order valence-corrected chi connectivity index (χ1v) is 8.10. The quantitative estimate of drug-likeness (QED) is 0.717. The normalized spacial score (nSPS) is 16.0. The van der Waals surface area contributed by atoms with E-state index in [9.17, 15) is 0 Å². The Labute approximate surface area is 130 Å². The summed E-state index contributed by atoms with van der Waals surface area (Å²) in [7, 11) is 0. The molecule has 1 N–H and O–H groups in total. The highest BCUT2D eigenvalue weighted by Crippen LogP contribution is 2.31. The Morgan fingerprint density at radius 3 is 2.64 bits per heavy atom. The van der Waals surface area contributed by atoms with E-state index in [2.05, 4.69) is 23.5 Å². The Morgan fingerprint density at radius 1 is 1.00 bits per heavy atom. The number of pyridine rings is 1. The van der Waals surface area contributed by atoms with Crippen LogP contribution in [-0.2, 0) is 0 Å². The van der Waals surface area contributed by atoms with Crippen LogP contribution in [0.15, 0.2) is 53.1 Å². The van der Waals surface area contributed by atoms with Crippen molar-refractivity contribution < 1.29 is 4.42 Å². The summed E-state index contributed by atoms with van der Waals surface area (Å²) in [4.78, 5) is 4.73. The molecule has 0 amide bonds. The fourth-order valence-electron chi connectivity index (χ4n) is 3.29. The summed E-state index contributed by atoms with van der Waals surface area (Å²) in [6.45, 7) is 0. The fraction of sp³-hybridized carbons (Fsp3) is 0.316. The molecule has 0 atom stereocenters. The number of benzene rings is 1. The molecule has 1 aromatic carbocycles. The Morgan fingerprint density at radius 2 is 1.82 bits per heavy atom. The molecule has 3 nitrogen and oxygen atoms in total. The van der Waals surface area contributed by atoms with Crippen LogP contribution in [0, 0.1) is 0 Å². The molecule has 0 aliphatic heterocycles. The third kappa shape index (κ3) is 2.59. The van der Waals surface area contributed by atoms with Crippen LogP contribution in [0.4, 0.5) is 5.69 Å². The molecule has 2 aromatic heterocycles. The average Bonchev–Trinajstić information content (AvgIpc) is 3.05. The minimum absolute atomic E-state index is 0.549.